The molecule has 18 nitrogen and oxygen atoms in total. The highest BCUT2D eigenvalue weighted by Crippen LogP contribution is 2.54. The molecule has 2 N–H and O–H groups in total. The van der Waals surface area contributed by atoms with Gasteiger partial charge in [0.25, 0.3) is 11.1 Å². The van der Waals surface area contributed by atoms with Crippen molar-refractivity contribution in [3.8, 4) is 22.9 Å². The monoisotopic (exact) mass is 1220 g/mol. The van der Waals surface area contributed by atoms with Crippen LogP contribution in [0.15, 0.2) is 165 Å². The number of esters is 2. The molecule has 0 bridgehead atoms. The van der Waals surface area contributed by atoms with E-state index in [2.05, 4.69) is 32.9 Å². The lowest BCUT2D eigenvalue weighted by atomic mass is 9.77. The van der Waals surface area contributed by atoms with Crippen LogP contribution in [-0.2, 0) is 73.9 Å². The van der Waals surface area contributed by atoms with E-state index in [-0.39, 0.29) is 51.4 Å². The molecule has 2 aromatic heterocycles. The Morgan fingerprint density at radius 2 is 0.821 bits per heavy atom. The lowest BCUT2D eigenvalue weighted by Gasteiger charge is -2.38. The molecule has 0 aliphatic carbocycles. The molecule has 8 rings (SSSR count). The van der Waals surface area contributed by atoms with Crippen LogP contribution in [0.3, 0.4) is 0 Å². The Kier molecular flexibility index (Phi) is 20.6. The van der Waals surface area contributed by atoms with Gasteiger partial charge in [0.05, 0.1) is 51.4 Å². The molecule has 0 spiro atoms. The van der Waals surface area contributed by atoms with Crippen molar-refractivity contribution in [1.82, 2.24) is 19.1 Å². The van der Waals surface area contributed by atoms with Crippen molar-refractivity contribution in [2.45, 2.75) is 102 Å². The van der Waals surface area contributed by atoms with Crippen LogP contribution >= 0.6 is 23.2 Å². The summed E-state index contributed by atoms with van der Waals surface area (Å²) < 4.78 is 54.9. The average Bonchev–Trinajstić information content (AvgIpc) is 1.66. The number of hydrogen-bond donors (Lipinski definition) is 2. The first kappa shape index (κ1) is 63.1. The van der Waals surface area contributed by atoms with E-state index in [1.54, 1.807) is 0 Å². The van der Waals surface area contributed by atoms with E-state index in [4.69, 9.17) is 61.1 Å². The van der Waals surface area contributed by atoms with Gasteiger partial charge in [-0.25, -0.2) is 19.2 Å². The highest BCUT2D eigenvalue weighted by Gasteiger charge is 2.68. The number of carbonyl (C=O) groups excluding carboxylic acids is 2. The number of alkyl halides is 2. The number of rotatable bonds is 22. The van der Waals surface area contributed by atoms with E-state index in [0.717, 1.165) is 43.5 Å². The van der Waals surface area contributed by atoms with Gasteiger partial charge in [-0.2, -0.15) is 0 Å². The second-order valence-electron chi connectivity index (χ2n) is 22.9. The van der Waals surface area contributed by atoms with E-state index in [9.17, 15) is 28.8 Å². The third-order valence-electron chi connectivity index (χ3n) is 14.0. The molecule has 442 valence electrons. The van der Waals surface area contributed by atoms with Crippen molar-refractivity contribution < 1.29 is 47.5 Å². The zero-order chi connectivity index (χ0) is 60.2. The summed E-state index contributed by atoms with van der Waals surface area (Å²) in [6.07, 6.45) is -3.16. The molecule has 2 fully saturated rings. The Hall–Kier alpha value is -6.93. The van der Waals surface area contributed by atoms with Crippen LogP contribution < -0.4 is 22.5 Å². The molecular weight excluding hydrogens is 1150 g/mol. The third-order valence-corrected chi connectivity index (χ3v) is 16.6. The van der Waals surface area contributed by atoms with Crippen LogP contribution in [0.1, 0.15) is 34.7 Å². The summed E-state index contributed by atoms with van der Waals surface area (Å²) in [5, 5.41) is 0. The lowest BCUT2D eigenvalue weighted by molar-refractivity contribution is -0.175. The fraction of sp³-hybridized carbons (Fsp3) is 0.387. The van der Waals surface area contributed by atoms with E-state index in [0.29, 0.717) is 0 Å². The first-order chi connectivity index (χ1) is 40.1. The quantitative estimate of drug-likeness (QED) is 0.0221. The molecule has 84 heavy (non-hydrogen) atoms. The van der Waals surface area contributed by atoms with Crippen molar-refractivity contribution in [2.75, 3.05) is 38.2 Å². The Bertz CT molecular complexity index is 3360. The molecule has 0 saturated carbocycles. The second-order valence-corrected chi connectivity index (χ2v) is 32.9. The normalized spacial score (nSPS) is 23.9. The van der Waals surface area contributed by atoms with Crippen LogP contribution in [0.5, 0.6) is 0 Å². The Balaban J connectivity index is 1.22. The standard InChI is InChI=1S/C62H68Cl2N4O14Si2/c1-83(2,3)33-29-59(53(77-37-47-23-15-9-16-24-47)61(39-63,43-75-35-45-19-11-7-12-20-45)81-55(59)67-31-27-49(69)65-57(67)73)41-79-51(71)52(72)80-42-60(30-34-84(4,5)6)54(78-38-48-25-17-10-18-26-48)62(40-64,44-76-36-46-21-13-8-14-22-46)82-56(60)68-32-28-50(70)66-58(68)74/h7-28,31-32,53-56H,35-44H2,1-6H3,(H,65,69,73)(H,66,70,74). The number of aromatic nitrogens is 4. The molecular formula is C62H68Cl2N4O14Si2. The maximum Gasteiger partial charge on any atom is 0.417 e. The van der Waals surface area contributed by atoms with Crippen LogP contribution in [0.2, 0.25) is 39.3 Å². The molecule has 2 aliphatic heterocycles. The Morgan fingerprint density at radius 1 is 0.500 bits per heavy atom. The molecule has 0 amide bonds. The van der Waals surface area contributed by atoms with Crippen molar-refractivity contribution in [3.05, 3.63) is 210 Å². The van der Waals surface area contributed by atoms with E-state index < -0.39 is 110 Å². The SMILES string of the molecule is C[Si](C)(C)C#CC1(COC(=O)C(=O)OCC2(C#C[Si](C)(C)C)C(n3ccc(=O)[nH]c3=O)OC(CCl)(COCc3ccccc3)C2OCc2ccccc2)C(n2ccc(=O)[nH]c2=O)OC(CCl)(COCc2ccccc2)C1OCc1ccccc1. The summed E-state index contributed by atoms with van der Waals surface area (Å²) in [5.74, 6) is 3.09. The summed E-state index contributed by atoms with van der Waals surface area (Å²) in [7, 11) is -4.86. The maximum atomic E-state index is 14.8. The van der Waals surface area contributed by atoms with Crippen molar-refractivity contribution >= 4 is 51.3 Å². The number of benzene rings is 4. The van der Waals surface area contributed by atoms with Crippen LogP contribution in [-0.4, -0.2) is 109 Å². The van der Waals surface area contributed by atoms with Gasteiger partial charge in [-0.15, -0.1) is 34.3 Å². The molecule has 4 heterocycles. The molecule has 0 radical (unpaired) electrons. The number of aromatic amines is 2. The summed E-state index contributed by atoms with van der Waals surface area (Å²) in [4.78, 5) is 87.4. The minimum absolute atomic E-state index is 0.0530. The number of halogens is 2. The largest absolute Gasteiger partial charge is 0.455 e. The van der Waals surface area contributed by atoms with Gasteiger partial charge in [0.1, 0.15) is 63.6 Å². The van der Waals surface area contributed by atoms with Crippen molar-refractivity contribution in [3.63, 3.8) is 0 Å². The summed E-state index contributed by atoms with van der Waals surface area (Å²) in [5.41, 5.74) is -0.359. The predicted molar refractivity (Wildman–Crippen MR) is 321 cm³/mol. The van der Waals surface area contributed by atoms with Crippen molar-refractivity contribution in [1.29, 1.82) is 0 Å². The number of nitrogens with zero attached hydrogens (tertiary/aromatic N) is 2. The highest BCUT2D eigenvalue weighted by molar-refractivity contribution is 6.84. The molecule has 22 heteroatoms. The second kappa shape index (κ2) is 27.4. The van der Waals surface area contributed by atoms with Gasteiger partial charge < -0.3 is 37.9 Å². The molecule has 8 unspecified atom stereocenters. The summed E-state index contributed by atoms with van der Waals surface area (Å²) >= 11 is 14.1. The maximum absolute atomic E-state index is 14.8. The zero-order valence-electron chi connectivity index (χ0n) is 47.6. The van der Waals surface area contributed by atoms with Crippen LogP contribution in [0.4, 0.5) is 0 Å². The van der Waals surface area contributed by atoms with Crippen LogP contribution in [0.25, 0.3) is 0 Å². The molecule has 2 saturated heterocycles. The number of H-pyrrole nitrogens is 2. The molecule has 6 aromatic rings. The fourth-order valence-electron chi connectivity index (χ4n) is 9.97. The average molecular weight is 1220 g/mol. The van der Waals surface area contributed by atoms with E-state index >= 15 is 0 Å². The van der Waals surface area contributed by atoms with Crippen molar-refractivity contribution in [2.24, 2.45) is 10.8 Å². The minimum Gasteiger partial charge on any atom is -0.455 e. The van der Waals surface area contributed by atoms with Gasteiger partial charge in [-0.1, -0.05) is 172 Å². The van der Waals surface area contributed by atoms with Gasteiger partial charge in [-0.3, -0.25) is 28.7 Å². The first-order valence-electron chi connectivity index (χ1n) is 27.2. The van der Waals surface area contributed by atoms with Gasteiger partial charge in [0.2, 0.25) is 0 Å². The number of ether oxygens (including phenoxy) is 8. The number of hydrogen-bond acceptors (Lipinski definition) is 14. The van der Waals surface area contributed by atoms with Crippen LogP contribution in [0, 0.1) is 33.8 Å². The lowest BCUT2D eigenvalue weighted by Crippen LogP contribution is -2.54. The zero-order valence-corrected chi connectivity index (χ0v) is 51.1. The smallest absolute Gasteiger partial charge is 0.417 e. The Labute approximate surface area is 498 Å². The Morgan fingerprint density at radius 3 is 1.12 bits per heavy atom. The van der Waals surface area contributed by atoms with Gasteiger partial charge in [0, 0.05) is 24.5 Å². The minimum atomic E-state index is -2.43. The van der Waals surface area contributed by atoms with Gasteiger partial charge in [-0.05, 0) is 22.3 Å². The summed E-state index contributed by atoms with van der Waals surface area (Å²) in [6, 6.07) is 39.4. The first-order valence-corrected chi connectivity index (χ1v) is 35.3. The van der Waals surface area contributed by atoms with E-state index in [1.807, 2.05) is 161 Å². The van der Waals surface area contributed by atoms with Gasteiger partial charge in [0.15, 0.2) is 12.5 Å². The number of nitrogens with one attached hydrogen (secondary N) is 2. The molecule has 8 atom stereocenters. The third kappa shape index (κ3) is 15.1. The van der Waals surface area contributed by atoms with E-state index in [1.165, 1.54) is 12.4 Å². The summed E-state index contributed by atoms with van der Waals surface area (Å²) in [6.45, 7) is 10.0. The molecule has 4 aromatic carbocycles. The van der Waals surface area contributed by atoms with Gasteiger partial charge >= 0.3 is 23.3 Å². The highest BCUT2D eigenvalue weighted by atomic mass is 35.5. The number of carbonyl (C=O) groups is 2. The topological polar surface area (TPSA) is 218 Å². The molecule has 2 aliphatic rings. The predicted octanol–water partition coefficient (Wildman–Crippen LogP) is 7.52. The fourth-order valence-corrected chi connectivity index (χ4v) is 11.7.